The number of urea groups is 1. The Morgan fingerprint density at radius 2 is 2.11 bits per heavy atom. The number of hydrogen-bond acceptors (Lipinski definition) is 2. The average molecular weight is 262 g/mol. The van der Waals surface area contributed by atoms with Crippen LogP contribution >= 0.6 is 0 Å². The third kappa shape index (κ3) is 2.39. The van der Waals surface area contributed by atoms with Crippen LogP contribution in [0.3, 0.4) is 0 Å². The van der Waals surface area contributed by atoms with Crippen LogP contribution in [0.15, 0.2) is 18.2 Å². The van der Waals surface area contributed by atoms with Gasteiger partial charge in [-0.05, 0) is 24.0 Å². The number of anilines is 1. The summed E-state index contributed by atoms with van der Waals surface area (Å²) in [6, 6.07) is 5.80. The summed E-state index contributed by atoms with van der Waals surface area (Å²) < 4.78 is 5.85. The largest absolute Gasteiger partial charge is 0.489 e. The summed E-state index contributed by atoms with van der Waals surface area (Å²) >= 11 is 0. The van der Waals surface area contributed by atoms with Crippen LogP contribution in [0.1, 0.15) is 26.3 Å². The quantitative estimate of drug-likeness (QED) is 0.781. The first-order valence-corrected chi connectivity index (χ1v) is 6.59. The lowest BCUT2D eigenvalue weighted by atomic mass is 9.85. The highest BCUT2D eigenvalue weighted by Crippen LogP contribution is 2.41. The zero-order valence-electron chi connectivity index (χ0n) is 12.3. The fraction of sp³-hybridized carbons (Fsp3) is 0.533. The van der Waals surface area contributed by atoms with Gasteiger partial charge in [0.25, 0.3) is 0 Å². The molecule has 19 heavy (non-hydrogen) atoms. The predicted octanol–water partition coefficient (Wildman–Crippen LogP) is 2.95. The Bertz CT molecular complexity index is 491. The summed E-state index contributed by atoms with van der Waals surface area (Å²) in [4.78, 5) is 14.1. The summed E-state index contributed by atoms with van der Waals surface area (Å²) in [5, 5.41) is 2.74. The van der Waals surface area contributed by atoms with Crippen LogP contribution in [0.5, 0.6) is 5.75 Å². The first-order valence-electron chi connectivity index (χ1n) is 6.59. The molecule has 1 aliphatic heterocycles. The molecule has 0 saturated carbocycles. The normalized spacial score (nSPS) is 18.6. The van der Waals surface area contributed by atoms with E-state index in [0.29, 0.717) is 6.61 Å². The standard InChI is InChI=1S/C15H22N2O2/c1-10-7-6-8-11-13(10)17(14(18)16-5)12(9-19-11)15(2,3)4/h6-8,12H,9H2,1-5H3,(H,16,18). The second-order valence-electron chi connectivity index (χ2n) is 6.04. The van der Waals surface area contributed by atoms with Crippen molar-refractivity contribution in [3.63, 3.8) is 0 Å². The van der Waals surface area contributed by atoms with Crippen molar-refractivity contribution in [3.05, 3.63) is 23.8 Å². The van der Waals surface area contributed by atoms with Crippen LogP contribution in [0, 0.1) is 12.3 Å². The van der Waals surface area contributed by atoms with E-state index in [1.807, 2.05) is 30.0 Å². The molecule has 4 nitrogen and oxygen atoms in total. The maximum atomic E-state index is 12.3. The molecule has 2 rings (SSSR count). The Kier molecular flexibility index (Phi) is 3.43. The highest BCUT2D eigenvalue weighted by Gasteiger charge is 2.39. The van der Waals surface area contributed by atoms with Gasteiger partial charge in [-0.25, -0.2) is 4.79 Å². The molecule has 1 aliphatic rings. The van der Waals surface area contributed by atoms with Gasteiger partial charge in [0.05, 0.1) is 11.7 Å². The van der Waals surface area contributed by atoms with Gasteiger partial charge in [0.2, 0.25) is 0 Å². The van der Waals surface area contributed by atoms with Gasteiger partial charge in [0, 0.05) is 7.05 Å². The number of nitrogens with zero attached hydrogens (tertiary/aromatic N) is 1. The summed E-state index contributed by atoms with van der Waals surface area (Å²) in [5.74, 6) is 0.782. The maximum Gasteiger partial charge on any atom is 0.322 e. The Labute approximate surface area is 114 Å². The van der Waals surface area contributed by atoms with Crippen molar-refractivity contribution in [1.29, 1.82) is 0 Å². The molecule has 1 unspecified atom stereocenters. The maximum absolute atomic E-state index is 12.3. The van der Waals surface area contributed by atoms with Crippen LogP contribution in [0.4, 0.5) is 10.5 Å². The summed E-state index contributed by atoms with van der Waals surface area (Å²) in [6.45, 7) is 8.90. The highest BCUT2D eigenvalue weighted by molar-refractivity contribution is 5.95. The van der Waals surface area contributed by atoms with E-state index in [0.717, 1.165) is 17.0 Å². The number of amides is 2. The number of benzene rings is 1. The molecule has 0 aromatic heterocycles. The highest BCUT2D eigenvalue weighted by atomic mass is 16.5. The van der Waals surface area contributed by atoms with Gasteiger partial charge < -0.3 is 10.1 Å². The zero-order valence-corrected chi connectivity index (χ0v) is 12.3. The number of rotatable bonds is 0. The molecule has 0 radical (unpaired) electrons. The Morgan fingerprint density at radius 1 is 1.42 bits per heavy atom. The van der Waals surface area contributed by atoms with Crippen molar-refractivity contribution in [2.24, 2.45) is 5.41 Å². The van der Waals surface area contributed by atoms with Crippen molar-refractivity contribution < 1.29 is 9.53 Å². The smallest absolute Gasteiger partial charge is 0.322 e. The lowest BCUT2D eigenvalue weighted by Gasteiger charge is -2.43. The monoisotopic (exact) mass is 262 g/mol. The molecule has 0 spiro atoms. The van der Waals surface area contributed by atoms with Gasteiger partial charge in [-0.15, -0.1) is 0 Å². The molecular formula is C15H22N2O2. The van der Waals surface area contributed by atoms with Crippen LogP contribution in [-0.2, 0) is 0 Å². The molecule has 4 heteroatoms. The molecule has 0 saturated heterocycles. The number of carbonyl (C=O) groups excluding carboxylic acids is 1. The first kappa shape index (κ1) is 13.7. The number of hydrogen-bond donors (Lipinski definition) is 1. The molecule has 1 aromatic carbocycles. The first-order chi connectivity index (χ1) is 8.86. The van der Waals surface area contributed by atoms with Crippen molar-refractivity contribution in [1.82, 2.24) is 5.32 Å². The minimum absolute atomic E-state index is 0.0149. The number of aryl methyl sites for hydroxylation is 1. The van der Waals surface area contributed by atoms with Crippen molar-refractivity contribution in [2.75, 3.05) is 18.6 Å². The van der Waals surface area contributed by atoms with Crippen molar-refractivity contribution >= 4 is 11.7 Å². The van der Waals surface area contributed by atoms with Crippen LogP contribution in [0.25, 0.3) is 0 Å². The fourth-order valence-corrected chi connectivity index (χ4v) is 2.46. The second kappa shape index (κ2) is 4.76. The average Bonchev–Trinajstić information content (AvgIpc) is 2.35. The number of ether oxygens (including phenoxy) is 1. The van der Waals surface area contributed by atoms with Gasteiger partial charge in [0.1, 0.15) is 12.4 Å². The summed E-state index contributed by atoms with van der Waals surface area (Å²) in [5.41, 5.74) is 1.88. The van der Waals surface area contributed by atoms with Gasteiger partial charge in [0.15, 0.2) is 0 Å². The van der Waals surface area contributed by atoms with Gasteiger partial charge >= 0.3 is 6.03 Å². The van der Waals surface area contributed by atoms with Crippen LogP contribution in [0.2, 0.25) is 0 Å². The van der Waals surface area contributed by atoms with Crippen LogP contribution in [-0.4, -0.2) is 25.7 Å². The van der Waals surface area contributed by atoms with E-state index in [1.165, 1.54) is 0 Å². The van der Waals surface area contributed by atoms with Gasteiger partial charge in [-0.2, -0.15) is 0 Å². The van der Waals surface area contributed by atoms with Crippen LogP contribution < -0.4 is 15.0 Å². The van der Waals surface area contributed by atoms with E-state index in [9.17, 15) is 4.79 Å². The number of para-hydroxylation sites is 1. The zero-order chi connectivity index (χ0) is 14.2. The van der Waals surface area contributed by atoms with Crippen molar-refractivity contribution in [3.8, 4) is 5.75 Å². The third-order valence-corrected chi connectivity index (χ3v) is 3.58. The third-order valence-electron chi connectivity index (χ3n) is 3.58. The predicted molar refractivity (Wildman–Crippen MR) is 76.9 cm³/mol. The fourth-order valence-electron chi connectivity index (χ4n) is 2.46. The number of carbonyl (C=O) groups is 1. The molecule has 1 atom stereocenters. The Morgan fingerprint density at radius 3 is 2.68 bits per heavy atom. The minimum atomic E-state index is -0.0845. The topological polar surface area (TPSA) is 41.6 Å². The molecule has 0 aliphatic carbocycles. The molecule has 1 heterocycles. The van der Waals surface area contributed by atoms with E-state index >= 15 is 0 Å². The van der Waals surface area contributed by atoms with E-state index in [-0.39, 0.29) is 17.5 Å². The summed E-state index contributed by atoms with van der Waals surface area (Å²) in [6.07, 6.45) is 0. The Hall–Kier alpha value is -1.71. The lowest BCUT2D eigenvalue weighted by molar-refractivity contribution is 0.176. The Balaban J connectivity index is 2.55. The second-order valence-corrected chi connectivity index (χ2v) is 6.04. The lowest BCUT2D eigenvalue weighted by Crippen LogP contribution is -2.55. The van der Waals surface area contributed by atoms with Gasteiger partial charge in [-0.1, -0.05) is 32.9 Å². The molecule has 0 bridgehead atoms. The van der Waals surface area contributed by atoms with E-state index < -0.39 is 0 Å². The summed E-state index contributed by atoms with van der Waals surface area (Å²) in [7, 11) is 1.66. The number of nitrogens with one attached hydrogen (secondary N) is 1. The molecule has 1 aromatic rings. The van der Waals surface area contributed by atoms with Crippen molar-refractivity contribution in [2.45, 2.75) is 33.7 Å². The van der Waals surface area contributed by atoms with E-state index in [2.05, 4.69) is 26.1 Å². The molecule has 0 fully saturated rings. The van der Waals surface area contributed by atoms with E-state index in [1.54, 1.807) is 7.05 Å². The molecule has 1 N–H and O–H groups in total. The molecular weight excluding hydrogens is 240 g/mol. The minimum Gasteiger partial charge on any atom is -0.489 e. The SMILES string of the molecule is CNC(=O)N1c2c(C)cccc2OCC1C(C)(C)C. The number of fused-ring (bicyclic) bond motifs is 1. The van der Waals surface area contributed by atoms with Gasteiger partial charge in [-0.3, -0.25) is 4.90 Å². The molecule has 104 valence electrons. The van der Waals surface area contributed by atoms with E-state index in [4.69, 9.17) is 4.74 Å². The molecule has 2 amide bonds.